The Kier molecular flexibility index (Phi) is 7.36. The molecule has 1 aromatic rings. The van der Waals surface area contributed by atoms with Crippen LogP contribution >= 0.6 is 0 Å². The molecule has 0 spiro atoms. The van der Waals surface area contributed by atoms with Gasteiger partial charge in [0.05, 0.1) is 0 Å². The zero-order chi connectivity index (χ0) is 19.9. The molecule has 1 aromatic carbocycles. The molecule has 2 aliphatic carbocycles. The number of aryl methyl sites for hydroxylation is 2. The topological polar surface area (TPSA) is 80.6 Å². The quantitative estimate of drug-likeness (QED) is 0.704. The molecule has 2 amide bonds. The molecule has 0 radical (unpaired) electrons. The van der Waals surface area contributed by atoms with E-state index in [9.17, 15) is 13.2 Å². The number of likely N-dealkylation sites (N-methyl/N-ethyl adjacent to an activating group) is 1. The Bertz CT molecular complexity index is 913. The zero-order valence-electron chi connectivity index (χ0n) is 17.6. The van der Waals surface area contributed by atoms with Gasteiger partial charge >= 0.3 is 51.4 Å². The summed E-state index contributed by atoms with van der Waals surface area (Å²) in [7, 11) is -2.00. The largest absolute Gasteiger partial charge is 1.00 e. The van der Waals surface area contributed by atoms with Gasteiger partial charge in [0.2, 0.25) is 0 Å². The van der Waals surface area contributed by atoms with Crippen molar-refractivity contribution in [2.45, 2.75) is 63.8 Å². The van der Waals surface area contributed by atoms with Crippen LogP contribution in [0.4, 0.5) is 10.5 Å². The van der Waals surface area contributed by atoms with E-state index in [4.69, 9.17) is 0 Å². The molecule has 0 aromatic heterocycles. The summed E-state index contributed by atoms with van der Waals surface area (Å²) in [5, 5.41) is 3.89. The predicted octanol–water partition coefficient (Wildman–Crippen LogP) is 0.901. The van der Waals surface area contributed by atoms with Crippen LogP contribution in [0.3, 0.4) is 0 Å². The average Bonchev–Trinajstić information content (AvgIpc) is 3.34. The summed E-state index contributed by atoms with van der Waals surface area (Å²) < 4.78 is 28.2. The fourth-order valence-corrected chi connectivity index (χ4v) is 5.61. The second-order valence-electron chi connectivity index (χ2n) is 8.46. The van der Waals surface area contributed by atoms with Crippen LogP contribution in [0.2, 0.25) is 0 Å². The van der Waals surface area contributed by atoms with Crippen molar-refractivity contribution >= 4 is 21.7 Å². The number of urea groups is 1. The summed E-state index contributed by atoms with van der Waals surface area (Å²) in [6.45, 7) is 2.94. The summed E-state index contributed by atoms with van der Waals surface area (Å²) >= 11 is 0. The molecule has 0 bridgehead atoms. The van der Waals surface area contributed by atoms with Crippen molar-refractivity contribution in [2.24, 2.45) is 0 Å². The number of carbonyl (C=O) groups is 1. The minimum Gasteiger partial charge on any atom is -0.423 e. The Morgan fingerprint density at radius 2 is 1.76 bits per heavy atom. The molecule has 0 unspecified atom stereocenters. The van der Waals surface area contributed by atoms with Gasteiger partial charge in [0.15, 0.2) is 16.1 Å². The molecule has 1 aliphatic heterocycles. The first-order valence-corrected chi connectivity index (χ1v) is 11.6. The van der Waals surface area contributed by atoms with Gasteiger partial charge in [0.1, 0.15) is 0 Å². The van der Waals surface area contributed by atoms with E-state index in [-0.39, 0.29) is 56.9 Å². The zero-order valence-corrected chi connectivity index (χ0v) is 21.6. The number of likely N-dealkylation sites (tertiary alicyclic amines) is 1. The van der Waals surface area contributed by atoms with Crippen molar-refractivity contribution in [3.05, 3.63) is 44.5 Å². The monoisotopic (exact) mass is 441 g/mol. The first-order chi connectivity index (χ1) is 13.3. The van der Waals surface area contributed by atoms with Gasteiger partial charge in [-0.1, -0.05) is 12.1 Å². The number of anilines is 1. The van der Waals surface area contributed by atoms with Crippen LogP contribution in [-0.2, 0) is 35.7 Å². The third-order valence-corrected chi connectivity index (χ3v) is 7.46. The molecule has 1 heterocycles. The third kappa shape index (κ3) is 5.00. The SMILES string of the molecule is CN1CCC[C@]1(C)/C=C/S(=O)(=O)[N-]C(=O)Nc1c2c(cc3c1CCC3)CCC2.[K+]. The normalized spacial score (nSPS) is 23.7. The number of amides is 2. The van der Waals surface area contributed by atoms with Crippen LogP contribution in [0, 0.1) is 0 Å². The Balaban J connectivity index is 0.00000240. The molecule has 1 N–H and O–H groups in total. The van der Waals surface area contributed by atoms with Gasteiger partial charge in [0.25, 0.3) is 0 Å². The molecular formula is C21H28KN3O3S. The van der Waals surface area contributed by atoms with Crippen molar-refractivity contribution in [2.75, 3.05) is 18.9 Å². The fourth-order valence-electron chi connectivity index (χ4n) is 4.81. The number of hydrogen-bond acceptors (Lipinski definition) is 4. The minimum absolute atomic E-state index is 0. The molecular weight excluding hydrogens is 413 g/mol. The number of nitrogens with zero attached hydrogens (tertiary/aromatic N) is 2. The number of benzene rings is 1. The minimum atomic E-state index is -3.97. The van der Waals surface area contributed by atoms with E-state index in [2.05, 4.69) is 21.0 Å². The molecule has 1 fully saturated rings. The van der Waals surface area contributed by atoms with E-state index < -0.39 is 16.1 Å². The van der Waals surface area contributed by atoms with Gasteiger partial charge in [-0.3, -0.25) is 9.69 Å². The van der Waals surface area contributed by atoms with Gasteiger partial charge < -0.3 is 10.0 Å². The number of hydrogen-bond donors (Lipinski definition) is 1. The summed E-state index contributed by atoms with van der Waals surface area (Å²) in [5.74, 6) is 0. The average molecular weight is 442 g/mol. The molecule has 1 atom stereocenters. The smallest absolute Gasteiger partial charge is 0.423 e. The number of fused-ring (bicyclic) bond motifs is 2. The Morgan fingerprint density at radius 3 is 2.31 bits per heavy atom. The number of sulfonamides is 1. The van der Waals surface area contributed by atoms with Crippen LogP contribution in [0.15, 0.2) is 17.6 Å². The molecule has 1 saturated heterocycles. The van der Waals surface area contributed by atoms with E-state index in [1.165, 1.54) is 11.1 Å². The van der Waals surface area contributed by atoms with Gasteiger partial charge in [-0.15, -0.1) is 0 Å². The van der Waals surface area contributed by atoms with Crippen molar-refractivity contribution < 1.29 is 64.6 Å². The Hall–Kier alpha value is -0.224. The molecule has 152 valence electrons. The summed E-state index contributed by atoms with van der Waals surface area (Å²) in [6.07, 6.45) is 9.63. The maximum absolute atomic E-state index is 12.5. The van der Waals surface area contributed by atoms with Crippen LogP contribution in [0.25, 0.3) is 4.72 Å². The van der Waals surface area contributed by atoms with Crippen molar-refractivity contribution in [1.29, 1.82) is 0 Å². The predicted molar refractivity (Wildman–Crippen MR) is 111 cm³/mol. The number of carbonyl (C=O) groups excluding carboxylic acids is 1. The van der Waals surface area contributed by atoms with E-state index in [0.717, 1.165) is 80.1 Å². The molecule has 0 saturated carbocycles. The summed E-state index contributed by atoms with van der Waals surface area (Å²) in [4.78, 5) is 14.6. The van der Waals surface area contributed by atoms with Crippen molar-refractivity contribution in [3.63, 3.8) is 0 Å². The standard InChI is InChI=1S/C21H29N3O3S.K/c1-21(10-5-12-24(21)2)11-13-28(26,27)23-20(25)22-19-17-8-3-6-15(17)14-16-7-4-9-18(16)19;/h11,13-14H,3-10,12H2,1-2H3,(H2,22,23,25);/q;+1/p-1/b13-11+;/t21-;/m1./s1. The van der Waals surface area contributed by atoms with Crippen LogP contribution < -0.4 is 56.7 Å². The Labute approximate surface area is 216 Å². The molecule has 4 rings (SSSR count). The van der Waals surface area contributed by atoms with E-state index in [0.29, 0.717) is 0 Å². The van der Waals surface area contributed by atoms with E-state index in [1.54, 1.807) is 6.08 Å². The van der Waals surface area contributed by atoms with Crippen LogP contribution in [0.5, 0.6) is 0 Å². The van der Waals surface area contributed by atoms with Crippen molar-refractivity contribution in [3.8, 4) is 0 Å². The van der Waals surface area contributed by atoms with Gasteiger partial charge in [-0.05, 0) is 99.8 Å². The first-order valence-electron chi connectivity index (χ1n) is 10.1. The van der Waals surface area contributed by atoms with Crippen LogP contribution in [0.1, 0.15) is 54.9 Å². The van der Waals surface area contributed by atoms with Crippen LogP contribution in [-0.4, -0.2) is 38.5 Å². The molecule has 6 nitrogen and oxygen atoms in total. The summed E-state index contributed by atoms with van der Waals surface area (Å²) in [6, 6.07) is 1.47. The molecule has 8 heteroatoms. The van der Waals surface area contributed by atoms with Gasteiger partial charge in [-0.2, -0.15) is 0 Å². The maximum Gasteiger partial charge on any atom is 1.00 e. The second kappa shape index (κ2) is 9.10. The second-order valence-corrected chi connectivity index (χ2v) is 9.94. The molecule has 29 heavy (non-hydrogen) atoms. The molecule has 3 aliphatic rings. The number of nitrogens with one attached hydrogen (secondary N) is 1. The third-order valence-electron chi connectivity index (χ3n) is 6.56. The van der Waals surface area contributed by atoms with Crippen molar-refractivity contribution in [1.82, 2.24) is 4.90 Å². The number of rotatable bonds is 4. The fraction of sp³-hybridized carbons (Fsp3) is 0.571. The van der Waals surface area contributed by atoms with E-state index in [1.807, 2.05) is 14.0 Å². The maximum atomic E-state index is 12.5. The van der Waals surface area contributed by atoms with Gasteiger partial charge in [0, 0.05) is 10.9 Å². The van der Waals surface area contributed by atoms with Gasteiger partial charge in [-0.25, -0.2) is 8.42 Å². The summed E-state index contributed by atoms with van der Waals surface area (Å²) in [5.41, 5.74) is 5.42. The van der Waals surface area contributed by atoms with E-state index >= 15 is 0 Å². The first kappa shape index (κ1) is 23.4. The Morgan fingerprint density at radius 1 is 1.14 bits per heavy atom.